The molecule has 15 heavy (non-hydrogen) atoms. The van der Waals surface area contributed by atoms with Gasteiger partial charge >= 0.3 is 0 Å². The third-order valence-electron chi connectivity index (χ3n) is 1.93. The lowest BCUT2D eigenvalue weighted by molar-refractivity contribution is 0.0953. The van der Waals surface area contributed by atoms with Crippen molar-refractivity contribution >= 4 is 17.7 Å². The largest absolute Gasteiger partial charge is 0.467 e. The second-order valence-electron chi connectivity index (χ2n) is 3.11. The van der Waals surface area contributed by atoms with E-state index < -0.39 is 0 Å². The molecule has 0 aromatic carbocycles. The van der Waals surface area contributed by atoms with Crippen molar-refractivity contribution in [1.82, 2.24) is 5.32 Å². The lowest BCUT2D eigenvalue weighted by Crippen LogP contribution is -2.24. The number of hydrogen-bond acceptors (Lipinski definition) is 4. The standard InChI is InChI=1S/C10H16N2O2S/c1-15-4-2-3-12-10(13)8-5-9(6-11)14-7-8/h5,7H,2-4,6,11H2,1H3,(H,12,13). The normalized spacial score (nSPS) is 10.3. The SMILES string of the molecule is CSCCCNC(=O)c1coc(CN)c1. The number of nitrogens with one attached hydrogen (secondary N) is 1. The molecule has 5 heteroatoms. The van der Waals surface area contributed by atoms with Gasteiger partial charge in [0.25, 0.3) is 5.91 Å². The van der Waals surface area contributed by atoms with Gasteiger partial charge in [0.15, 0.2) is 0 Å². The molecular weight excluding hydrogens is 212 g/mol. The van der Waals surface area contributed by atoms with Crippen LogP contribution in [0.25, 0.3) is 0 Å². The quantitative estimate of drug-likeness (QED) is 0.718. The van der Waals surface area contributed by atoms with Crippen LogP contribution in [-0.4, -0.2) is 24.5 Å². The molecule has 1 aromatic heterocycles. The Bertz CT molecular complexity index is 312. The van der Waals surface area contributed by atoms with E-state index in [0.717, 1.165) is 12.2 Å². The third-order valence-corrected chi connectivity index (χ3v) is 2.62. The number of hydrogen-bond donors (Lipinski definition) is 2. The van der Waals surface area contributed by atoms with Gasteiger partial charge in [0.2, 0.25) is 0 Å². The number of nitrogens with two attached hydrogens (primary N) is 1. The van der Waals surface area contributed by atoms with Gasteiger partial charge < -0.3 is 15.5 Å². The molecular formula is C10H16N2O2S. The van der Waals surface area contributed by atoms with E-state index in [-0.39, 0.29) is 5.91 Å². The van der Waals surface area contributed by atoms with Crippen LogP contribution in [0.15, 0.2) is 16.7 Å². The van der Waals surface area contributed by atoms with Gasteiger partial charge in [-0.15, -0.1) is 0 Å². The van der Waals surface area contributed by atoms with E-state index in [1.54, 1.807) is 17.8 Å². The summed E-state index contributed by atoms with van der Waals surface area (Å²) in [5.41, 5.74) is 5.92. The molecule has 0 radical (unpaired) electrons. The van der Waals surface area contributed by atoms with Crippen LogP contribution in [0.4, 0.5) is 0 Å². The van der Waals surface area contributed by atoms with Crippen molar-refractivity contribution in [2.45, 2.75) is 13.0 Å². The number of amides is 1. The van der Waals surface area contributed by atoms with E-state index in [9.17, 15) is 4.79 Å². The summed E-state index contributed by atoms with van der Waals surface area (Å²) < 4.78 is 5.07. The predicted octanol–water partition coefficient (Wildman–Crippen LogP) is 1.22. The lowest BCUT2D eigenvalue weighted by Gasteiger charge is -2.01. The van der Waals surface area contributed by atoms with E-state index in [4.69, 9.17) is 10.2 Å². The first-order valence-electron chi connectivity index (χ1n) is 4.82. The minimum absolute atomic E-state index is 0.0976. The number of carbonyl (C=O) groups excluding carboxylic acids is 1. The molecule has 84 valence electrons. The lowest BCUT2D eigenvalue weighted by atomic mass is 10.3. The van der Waals surface area contributed by atoms with Crippen molar-refractivity contribution in [2.24, 2.45) is 5.73 Å². The highest BCUT2D eigenvalue weighted by molar-refractivity contribution is 7.98. The zero-order valence-electron chi connectivity index (χ0n) is 8.79. The summed E-state index contributed by atoms with van der Waals surface area (Å²) in [5.74, 6) is 1.59. The fourth-order valence-electron chi connectivity index (χ4n) is 1.13. The molecule has 0 saturated heterocycles. The first-order chi connectivity index (χ1) is 7.27. The Morgan fingerprint density at radius 3 is 3.07 bits per heavy atom. The van der Waals surface area contributed by atoms with Crippen LogP contribution >= 0.6 is 11.8 Å². The Kier molecular flexibility index (Phi) is 5.28. The van der Waals surface area contributed by atoms with Crippen LogP contribution in [0.5, 0.6) is 0 Å². The minimum atomic E-state index is -0.0976. The van der Waals surface area contributed by atoms with Crippen LogP contribution in [-0.2, 0) is 6.54 Å². The number of furan rings is 1. The highest BCUT2D eigenvalue weighted by Gasteiger charge is 2.08. The fraction of sp³-hybridized carbons (Fsp3) is 0.500. The third kappa shape index (κ3) is 3.97. The fourth-order valence-corrected chi connectivity index (χ4v) is 1.56. The molecule has 0 aliphatic rings. The van der Waals surface area contributed by atoms with Gasteiger partial charge in [-0.05, 0) is 24.5 Å². The van der Waals surface area contributed by atoms with E-state index in [0.29, 0.717) is 24.4 Å². The molecule has 0 aliphatic carbocycles. The summed E-state index contributed by atoms with van der Waals surface area (Å²) in [6.45, 7) is 1.02. The molecule has 0 saturated carbocycles. The molecule has 1 aromatic rings. The molecule has 3 N–H and O–H groups in total. The van der Waals surface area contributed by atoms with Crippen LogP contribution in [0.3, 0.4) is 0 Å². The van der Waals surface area contributed by atoms with Crippen molar-refractivity contribution in [2.75, 3.05) is 18.6 Å². The van der Waals surface area contributed by atoms with Crippen LogP contribution in [0.2, 0.25) is 0 Å². The predicted molar refractivity (Wildman–Crippen MR) is 61.9 cm³/mol. The first-order valence-corrected chi connectivity index (χ1v) is 6.22. The zero-order valence-corrected chi connectivity index (χ0v) is 9.60. The van der Waals surface area contributed by atoms with Crippen molar-refractivity contribution in [3.05, 3.63) is 23.7 Å². The molecule has 0 atom stereocenters. The molecule has 0 unspecified atom stereocenters. The van der Waals surface area contributed by atoms with E-state index in [1.807, 2.05) is 6.26 Å². The second kappa shape index (κ2) is 6.53. The molecule has 0 aliphatic heterocycles. The summed E-state index contributed by atoms with van der Waals surface area (Å²) in [4.78, 5) is 11.5. The van der Waals surface area contributed by atoms with Crippen molar-refractivity contribution < 1.29 is 9.21 Å². The molecule has 0 spiro atoms. The van der Waals surface area contributed by atoms with Crippen molar-refractivity contribution in [1.29, 1.82) is 0 Å². The maximum Gasteiger partial charge on any atom is 0.254 e. The van der Waals surface area contributed by atoms with Crippen molar-refractivity contribution in [3.63, 3.8) is 0 Å². The zero-order chi connectivity index (χ0) is 11.1. The Balaban J connectivity index is 2.33. The summed E-state index contributed by atoms with van der Waals surface area (Å²) >= 11 is 1.77. The summed E-state index contributed by atoms with van der Waals surface area (Å²) in [7, 11) is 0. The number of thioether (sulfide) groups is 1. The molecule has 1 heterocycles. The summed E-state index contributed by atoms with van der Waals surface area (Å²) in [5, 5.41) is 2.82. The Morgan fingerprint density at radius 2 is 2.47 bits per heavy atom. The van der Waals surface area contributed by atoms with E-state index >= 15 is 0 Å². The summed E-state index contributed by atoms with van der Waals surface area (Å²) in [6.07, 6.45) is 4.46. The Hall–Kier alpha value is -0.940. The number of carbonyl (C=O) groups is 1. The smallest absolute Gasteiger partial charge is 0.254 e. The minimum Gasteiger partial charge on any atom is -0.467 e. The van der Waals surface area contributed by atoms with Gasteiger partial charge in [-0.2, -0.15) is 11.8 Å². The average Bonchev–Trinajstić information content (AvgIpc) is 2.72. The van der Waals surface area contributed by atoms with Gasteiger partial charge in [-0.25, -0.2) is 0 Å². The maximum absolute atomic E-state index is 11.5. The molecule has 0 bridgehead atoms. The molecule has 1 rings (SSSR count). The van der Waals surface area contributed by atoms with Crippen LogP contribution in [0, 0.1) is 0 Å². The molecule has 1 amide bonds. The molecule has 4 nitrogen and oxygen atoms in total. The van der Waals surface area contributed by atoms with Crippen LogP contribution in [0.1, 0.15) is 22.5 Å². The average molecular weight is 228 g/mol. The Morgan fingerprint density at radius 1 is 1.67 bits per heavy atom. The number of rotatable bonds is 6. The summed E-state index contributed by atoms with van der Waals surface area (Å²) in [6, 6.07) is 1.67. The van der Waals surface area contributed by atoms with E-state index in [1.165, 1.54) is 6.26 Å². The Labute approximate surface area is 93.6 Å². The highest BCUT2D eigenvalue weighted by Crippen LogP contribution is 2.06. The van der Waals surface area contributed by atoms with E-state index in [2.05, 4.69) is 5.32 Å². The van der Waals surface area contributed by atoms with Crippen molar-refractivity contribution in [3.8, 4) is 0 Å². The second-order valence-corrected chi connectivity index (χ2v) is 4.09. The monoisotopic (exact) mass is 228 g/mol. The maximum atomic E-state index is 11.5. The first kappa shape index (κ1) is 12.1. The topological polar surface area (TPSA) is 68.3 Å². The van der Waals surface area contributed by atoms with Gasteiger partial charge in [0.1, 0.15) is 12.0 Å². The molecule has 0 fully saturated rings. The van der Waals surface area contributed by atoms with Crippen LogP contribution < -0.4 is 11.1 Å². The van der Waals surface area contributed by atoms with Gasteiger partial charge in [-0.3, -0.25) is 4.79 Å². The highest BCUT2D eigenvalue weighted by atomic mass is 32.2. The van der Waals surface area contributed by atoms with Gasteiger partial charge in [0.05, 0.1) is 12.1 Å². The van der Waals surface area contributed by atoms with Gasteiger partial charge in [-0.1, -0.05) is 0 Å². The van der Waals surface area contributed by atoms with Gasteiger partial charge in [0, 0.05) is 6.54 Å².